The maximum atomic E-state index is 13.1. The summed E-state index contributed by atoms with van der Waals surface area (Å²) in [5.41, 5.74) is 0.490. The number of nitrogens with one attached hydrogen (secondary N) is 1. The molecule has 3 fully saturated rings. The van der Waals surface area contributed by atoms with Crippen LogP contribution in [0.15, 0.2) is 36.7 Å². The summed E-state index contributed by atoms with van der Waals surface area (Å²) in [5, 5.41) is 12.9. The van der Waals surface area contributed by atoms with E-state index in [1.165, 1.54) is 0 Å². The molecule has 7 heteroatoms. The van der Waals surface area contributed by atoms with E-state index in [-0.39, 0.29) is 17.2 Å². The van der Waals surface area contributed by atoms with Crippen molar-refractivity contribution in [3.8, 4) is 6.07 Å². The smallest absolute Gasteiger partial charge is 0.247 e. The Morgan fingerprint density at radius 2 is 1.97 bits per heavy atom. The molecule has 33 heavy (non-hydrogen) atoms. The maximum Gasteiger partial charge on any atom is 0.247 e. The minimum Gasteiger partial charge on any atom is -0.325 e. The van der Waals surface area contributed by atoms with Crippen LogP contribution in [-0.4, -0.2) is 28.2 Å². The molecule has 2 saturated carbocycles. The van der Waals surface area contributed by atoms with Crippen LogP contribution in [0.3, 0.4) is 0 Å². The van der Waals surface area contributed by atoms with E-state index in [4.69, 9.17) is 0 Å². The summed E-state index contributed by atoms with van der Waals surface area (Å²) < 4.78 is 0. The molecule has 0 spiro atoms. The highest BCUT2D eigenvalue weighted by molar-refractivity contribution is 6.02. The minimum atomic E-state index is -0.861. The number of hydrogen-bond donors (Lipinski definition) is 1. The van der Waals surface area contributed by atoms with Crippen LogP contribution in [0.4, 0.5) is 17.3 Å². The molecule has 0 unspecified atom stereocenters. The molecule has 1 aliphatic heterocycles. The quantitative estimate of drug-likeness (QED) is 0.668. The second-order valence-corrected chi connectivity index (χ2v) is 9.59. The number of amides is 1. The molecule has 7 nitrogen and oxygen atoms in total. The molecule has 1 amide bonds. The van der Waals surface area contributed by atoms with Crippen molar-refractivity contribution < 1.29 is 9.59 Å². The fraction of sp³-hybridized carbons (Fsp3) is 0.500. The number of aromatic nitrogens is 2. The molecule has 2 aromatic rings. The summed E-state index contributed by atoms with van der Waals surface area (Å²) in [6, 6.07) is 9.85. The van der Waals surface area contributed by atoms with E-state index in [1.54, 1.807) is 17.2 Å². The first-order valence-electron chi connectivity index (χ1n) is 12.0. The van der Waals surface area contributed by atoms with Gasteiger partial charge in [0.2, 0.25) is 5.91 Å². The molecule has 2 aromatic heterocycles. The third kappa shape index (κ3) is 3.58. The number of nitriles is 1. The largest absolute Gasteiger partial charge is 0.325 e. The SMILES string of the molecule is CCC(=O)C1(c2ccc(Nc3cc(N4CC[C@@](C#N)(C5CC5)C4=O)ccn3)nc2)CCCC1. The van der Waals surface area contributed by atoms with Crippen molar-refractivity contribution in [2.24, 2.45) is 11.3 Å². The summed E-state index contributed by atoms with van der Waals surface area (Å²) in [6.45, 7) is 2.48. The third-order valence-electron chi connectivity index (χ3n) is 7.77. The topological polar surface area (TPSA) is 99.0 Å². The van der Waals surface area contributed by atoms with Crippen LogP contribution in [0.2, 0.25) is 0 Å². The average molecular weight is 444 g/mol. The molecular weight excluding hydrogens is 414 g/mol. The predicted octanol–water partition coefficient (Wildman–Crippen LogP) is 4.67. The highest BCUT2D eigenvalue weighted by Crippen LogP contribution is 2.52. The van der Waals surface area contributed by atoms with Gasteiger partial charge in [-0.2, -0.15) is 5.26 Å². The molecule has 1 N–H and O–H groups in total. The first-order chi connectivity index (χ1) is 16.0. The predicted molar refractivity (Wildman–Crippen MR) is 125 cm³/mol. The molecule has 2 aliphatic carbocycles. The summed E-state index contributed by atoms with van der Waals surface area (Å²) in [6.07, 6.45) is 10.5. The van der Waals surface area contributed by atoms with Gasteiger partial charge in [0, 0.05) is 37.1 Å². The molecule has 5 rings (SSSR count). The zero-order valence-corrected chi connectivity index (χ0v) is 19.0. The number of pyridine rings is 2. The third-order valence-corrected chi connectivity index (χ3v) is 7.77. The monoisotopic (exact) mass is 443 g/mol. The number of rotatable bonds is 7. The van der Waals surface area contributed by atoms with Gasteiger partial charge in [-0.15, -0.1) is 0 Å². The van der Waals surface area contributed by atoms with Crippen LogP contribution < -0.4 is 10.2 Å². The Bertz CT molecular complexity index is 1110. The first-order valence-corrected chi connectivity index (χ1v) is 12.0. The van der Waals surface area contributed by atoms with Crippen LogP contribution in [0.25, 0.3) is 0 Å². The molecule has 1 atom stereocenters. The van der Waals surface area contributed by atoms with Crippen LogP contribution in [0.1, 0.15) is 63.9 Å². The van der Waals surface area contributed by atoms with E-state index in [1.807, 2.05) is 31.3 Å². The molecule has 1 saturated heterocycles. The minimum absolute atomic E-state index is 0.0884. The van der Waals surface area contributed by atoms with Crippen LogP contribution in [-0.2, 0) is 15.0 Å². The lowest BCUT2D eigenvalue weighted by Crippen LogP contribution is -2.35. The fourth-order valence-corrected chi connectivity index (χ4v) is 5.72. The highest BCUT2D eigenvalue weighted by atomic mass is 16.2. The van der Waals surface area contributed by atoms with Gasteiger partial charge in [-0.05, 0) is 55.7 Å². The lowest BCUT2D eigenvalue weighted by Gasteiger charge is -2.27. The van der Waals surface area contributed by atoms with Crippen molar-refractivity contribution in [2.45, 2.75) is 63.7 Å². The van der Waals surface area contributed by atoms with Crippen molar-refractivity contribution in [1.82, 2.24) is 9.97 Å². The van der Waals surface area contributed by atoms with E-state index in [0.717, 1.165) is 49.8 Å². The number of nitrogens with zero attached hydrogens (tertiary/aromatic N) is 4. The molecule has 0 bridgehead atoms. The summed E-state index contributed by atoms with van der Waals surface area (Å²) in [4.78, 5) is 36.5. The summed E-state index contributed by atoms with van der Waals surface area (Å²) in [5.74, 6) is 1.63. The Labute approximate surface area is 194 Å². The van der Waals surface area contributed by atoms with Gasteiger partial charge in [-0.3, -0.25) is 9.59 Å². The number of carbonyl (C=O) groups excluding carboxylic acids is 2. The van der Waals surface area contributed by atoms with Crippen molar-refractivity contribution in [1.29, 1.82) is 5.26 Å². The van der Waals surface area contributed by atoms with Crippen molar-refractivity contribution in [3.05, 3.63) is 42.2 Å². The Morgan fingerprint density at radius 3 is 2.61 bits per heavy atom. The van der Waals surface area contributed by atoms with Gasteiger partial charge in [0.05, 0.1) is 11.5 Å². The van der Waals surface area contributed by atoms with E-state index >= 15 is 0 Å². The number of hydrogen-bond acceptors (Lipinski definition) is 6. The Balaban J connectivity index is 1.33. The number of Topliss-reactive ketones (excluding diaryl/α,β-unsaturated/α-hetero) is 1. The van der Waals surface area contributed by atoms with Crippen LogP contribution in [0.5, 0.6) is 0 Å². The second-order valence-electron chi connectivity index (χ2n) is 9.59. The Kier molecular flexibility index (Phi) is 5.40. The summed E-state index contributed by atoms with van der Waals surface area (Å²) >= 11 is 0. The van der Waals surface area contributed by atoms with E-state index < -0.39 is 5.41 Å². The van der Waals surface area contributed by atoms with Gasteiger partial charge in [-0.1, -0.05) is 25.8 Å². The van der Waals surface area contributed by atoms with Gasteiger partial charge in [0.1, 0.15) is 22.8 Å². The molecular formula is C26H29N5O2. The first kappa shape index (κ1) is 21.6. The Hall–Kier alpha value is -3.27. The zero-order valence-electron chi connectivity index (χ0n) is 19.0. The normalized spacial score (nSPS) is 24.0. The second kappa shape index (κ2) is 8.26. The summed E-state index contributed by atoms with van der Waals surface area (Å²) in [7, 11) is 0. The number of carbonyl (C=O) groups is 2. The van der Waals surface area contributed by atoms with Gasteiger partial charge in [-0.25, -0.2) is 9.97 Å². The maximum absolute atomic E-state index is 13.1. The number of ketones is 1. The molecule has 0 radical (unpaired) electrons. The van der Waals surface area contributed by atoms with Gasteiger partial charge < -0.3 is 10.2 Å². The fourth-order valence-electron chi connectivity index (χ4n) is 5.72. The lowest BCUT2D eigenvalue weighted by atomic mass is 9.75. The lowest BCUT2D eigenvalue weighted by molar-refractivity contribution is -0.124. The average Bonchev–Trinajstić information content (AvgIpc) is 3.48. The van der Waals surface area contributed by atoms with E-state index in [9.17, 15) is 14.9 Å². The van der Waals surface area contributed by atoms with E-state index in [0.29, 0.717) is 36.8 Å². The molecule has 3 heterocycles. The van der Waals surface area contributed by atoms with Gasteiger partial charge in [0.15, 0.2) is 0 Å². The molecule has 170 valence electrons. The number of anilines is 3. The van der Waals surface area contributed by atoms with Crippen molar-refractivity contribution >= 4 is 29.0 Å². The van der Waals surface area contributed by atoms with Crippen molar-refractivity contribution in [2.75, 3.05) is 16.8 Å². The van der Waals surface area contributed by atoms with Crippen LogP contribution >= 0.6 is 0 Å². The zero-order chi connectivity index (χ0) is 23.1. The van der Waals surface area contributed by atoms with Gasteiger partial charge >= 0.3 is 0 Å². The Morgan fingerprint density at radius 1 is 1.18 bits per heavy atom. The van der Waals surface area contributed by atoms with Crippen molar-refractivity contribution in [3.63, 3.8) is 0 Å². The van der Waals surface area contributed by atoms with Gasteiger partial charge in [0.25, 0.3) is 0 Å². The highest BCUT2D eigenvalue weighted by Gasteiger charge is 2.56. The molecule has 0 aromatic carbocycles. The van der Waals surface area contributed by atoms with E-state index in [2.05, 4.69) is 21.4 Å². The molecule has 3 aliphatic rings. The van der Waals surface area contributed by atoms with Crippen LogP contribution in [0, 0.1) is 22.7 Å². The standard InChI is InChI=1S/C26H29N5O2/c1-2-21(32)25(10-3-4-11-25)19-7-8-22(29-16-19)30-23-15-20(9-13-28-23)31-14-12-26(17-27,24(31)33)18-5-6-18/h7-9,13,15-16,18H,2-6,10-12,14H2,1H3,(H,28,29,30)/t26-/m1/s1.